The smallest absolute Gasteiger partial charge is 0.310 e. The Balaban J connectivity index is 3.05. The number of carboxylic acid groups (broad SMARTS) is 1. The van der Waals surface area contributed by atoms with Crippen LogP contribution in [0.4, 0.5) is 0 Å². The van der Waals surface area contributed by atoms with E-state index in [4.69, 9.17) is 9.84 Å². The molecule has 0 aliphatic rings. The lowest BCUT2D eigenvalue weighted by Crippen LogP contribution is -2.07. The van der Waals surface area contributed by atoms with E-state index in [1.54, 1.807) is 32.2 Å². The molecule has 0 radical (unpaired) electrons. The number of methoxy groups -OCH3 is 1. The average molecular weight is 259 g/mol. The number of halogens is 1. The summed E-state index contributed by atoms with van der Waals surface area (Å²) in [6.45, 7) is 1.65. The monoisotopic (exact) mass is 258 g/mol. The number of aliphatic carboxylic acids is 1. The molecule has 1 rings (SSSR count). The Morgan fingerprint density at radius 3 is 2.64 bits per heavy atom. The molecule has 4 heteroatoms. The van der Waals surface area contributed by atoms with E-state index in [2.05, 4.69) is 15.9 Å². The first-order chi connectivity index (χ1) is 6.56. The average Bonchev–Trinajstić information content (AvgIpc) is 2.16. The Morgan fingerprint density at radius 1 is 1.57 bits per heavy atom. The van der Waals surface area contributed by atoms with Gasteiger partial charge >= 0.3 is 5.97 Å². The van der Waals surface area contributed by atoms with Crippen LogP contribution >= 0.6 is 15.9 Å². The second-order valence-corrected chi connectivity index (χ2v) is 3.80. The molecule has 76 valence electrons. The molecule has 1 N–H and O–H groups in total. The molecule has 0 aromatic heterocycles. The van der Waals surface area contributed by atoms with Gasteiger partial charge in [0.15, 0.2) is 0 Å². The molecule has 0 heterocycles. The van der Waals surface area contributed by atoms with Gasteiger partial charge in [0.2, 0.25) is 0 Å². The number of rotatable bonds is 3. The van der Waals surface area contributed by atoms with Crippen molar-refractivity contribution in [3.63, 3.8) is 0 Å². The zero-order valence-electron chi connectivity index (χ0n) is 7.95. The van der Waals surface area contributed by atoms with Gasteiger partial charge in [-0.3, -0.25) is 4.79 Å². The van der Waals surface area contributed by atoms with E-state index in [0.717, 1.165) is 10.0 Å². The molecule has 0 bridgehead atoms. The van der Waals surface area contributed by atoms with Crippen LogP contribution in [0.2, 0.25) is 0 Å². The summed E-state index contributed by atoms with van der Waals surface area (Å²) in [4.78, 5) is 10.8. The SMILES string of the molecule is COc1ccc([C@H](C)C(=O)O)c(Br)c1. The molecule has 0 aliphatic heterocycles. The zero-order valence-corrected chi connectivity index (χ0v) is 9.54. The fourth-order valence-corrected chi connectivity index (χ4v) is 1.82. The van der Waals surface area contributed by atoms with Gasteiger partial charge in [-0.15, -0.1) is 0 Å². The molecule has 1 aromatic carbocycles. The zero-order chi connectivity index (χ0) is 10.7. The predicted octanol–water partition coefficient (Wildman–Crippen LogP) is 2.65. The third-order valence-corrected chi connectivity index (χ3v) is 2.73. The van der Waals surface area contributed by atoms with Crippen LogP contribution in [0.25, 0.3) is 0 Å². The van der Waals surface area contributed by atoms with E-state index < -0.39 is 11.9 Å². The Kier molecular flexibility index (Phi) is 3.52. The number of carbonyl (C=O) groups is 1. The molecule has 1 atom stereocenters. The van der Waals surface area contributed by atoms with Gasteiger partial charge in [0.1, 0.15) is 5.75 Å². The predicted molar refractivity (Wildman–Crippen MR) is 56.7 cm³/mol. The largest absolute Gasteiger partial charge is 0.497 e. The van der Waals surface area contributed by atoms with Crippen LogP contribution in [0.15, 0.2) is 22.7 Å². The summed E-state index contributed by atoms with van der Waals surface area (Å²) in [6.07, 6.45) is 0. The second-order valence-electron chi connectivity index (χ2n) is 2.95. The molecule has 14 heavy (non-hydrogen) atoms. The van der Waals surface area contributed by atoms with Crippen LogP contribution in [0, 0.1) is 0 Å². The van der Waals surface area contributed by atoms with E-state index in [-0.39, 0.29) is 0 Å². The van der Waals surface area contributed by atoms with Crippen LogP contribution in [-0.4, -0.2) is 18.2 Å². The molecule has 0 fully saturated rings. The van der Waals surface area contributed by atoms with Gasteiger partial charge in [-0.25, -0.2) is 0 Å². The van der Waals surface area contributed by atoms with E-state index >= 15 is 0 Å². The van der Waals surface area contributed by atoms with Crippen LogP contribution in [0.3, 0.4) is 0 Å². The second kappa shape index (κ2) is 4.46. The molecule has 0 spiro atoms. The number of ether oxygens (including phenoxy) is 1. The number of carboxylic acids is 1. The Morgan fingerprint density at radius 2 is 2.21 bits per heavy atom. The Bertz CT molecular complexity index is 349. The normalized spacial score (nSPS) is 12.2. The fourth-order valence-electron chi connectivity index (χ4n) is 1.12. The highest BCUT2D eigenvalue weighted by molar-refractivity contribution is 9.10. The van der Waals surface area contributed by atoms with Crippen LogP contribution in [0.5, 0.6) is 5.75 Å². The first kappa shape index (κ1) is 11.0. The van der Waals surface area contributed by atoms with Crippen molar-refractivity contribution in [2.45, 2.75) is 12.8 Å². The Hall–Kier alpha value is -1.03. The maximum Gasteiger partial charge on any atom is 0.310 e. The first-order valence-corrected chi connectivity index (χ1v) is 4.91. The van der Waals surface area contributed by atoms with Crippen molar-refractivity contribution in [1.82, 2.24) is 0 Å². The van der Waals surface area contributed by atoms with Crippen LogP contribution in [-0.2, 0) is 4.79 Å². The molecular weight excluding hydrogens is 248 g/mol. The molecule has 3 nitrogen and oxygen atoms in total. The highest BCUT2D eigenvalue weighted by Gasteiger charge is 2.16. The summed E-state index contributed by atoms with van der Waals surface area (Å²) in [6, 6.07) is 5.26. The van der Waals surface area contributed by atoms with E-state index in [9.17, 15) is 4.79 Å². The lowest BCUT2D eigenvalue weighted by Gasteiger charge is -2.10. The molecule has 1 aromatic rings. The van der Waals surface area contributed by atoms with Gasteiger partial charge in [-0.2, -0.15) is 0 Å². The Labute approximate surface area is 90.8 Å². The standard InChI is InChI=1S/C10H11BrO3/c1-6(10(12)13)8-4-3-7(14-2)5-9(8)11/h3-6H,1-2H3,(H,12,13)/t6-/m0/s1. The van der Waals surface area contributed by atoms with Crippen molar-refractivity contribution in [2.75, 3.05) is 7.11 Å². The minimum Gasteiger partial charge on any atom is -0.497 e. The summed E-state index contributed by atoms with van der Waals surface area (Å²) in [7, 11) is 1.57. The lowest BCUT2D eigenvalue weighted by molar-refractivity contribution is -0.138. The minimum atomic E-state index is -0.837. The number of hydrogen-bond donors (Lipinski definition) is 1. The summed E-state index contributed by atoms with van der Waals surface area (Å²) in [5.41, 5.74) is 0.748. The third-order valence-electron chi connectivity index (χ3n) is 2.04. The molecule has 0 aliphatic carbocycles. The lowest BCUT2D eigenvalue weighted by atomic mass is 10.0. The van der Waals surface area contributed by atoms with Crippen molar-refractivity contribution >= 4 is 21.9 Å². The van der Waals surface area contributed by atoms with Crippen molar-refractivity contribution < 1.29 is 14.6 Å². The molecule has 0 saturated heterocycles. The van der Waals surface area contributed by atoms with Crippen molar-refractivity contribution in [3.8, 4) is 5.75 Å². The number of benzene rings is 1. The quantitative estimate of drug-likeness (QED) is 0.907. The van der Waals surface area contributed by atoms with Crippen molar-refractivity contribution in [1.29, 1.82) is 0 Å². The molecular formula is C10H11BrO3. The van der Waals surface area contributed by atoms with Crippen LogP contribution in [0.1, 0.15) is 18.4 Å². The van der Waals surface area contributed by atoms with Gasteiger partial charge in [0.05, 0.1) is 13.0 Å². The maximum atomic E-state index is 10.8. The van der Waals surface area contributed by atoms with Gasteiger partial charge in [-0.1, -0.05) is 22.0 Å². The number of hydrogen-bond acceptors (Lipinski definition) is 2. The van der Waals surface area contributed by atoms with Gasteiger partial charge in [-0.05, 0) is 24.6 Å². The van der Waals surface area contributed by atoms with E-state index in [1.807, 2.05) is 0 Å². The summed E-state index contributed by atoms with van der Waals surface area (Å²) >= 11 is 3.31. The van der Waals surface area contributed by atoms with E-state index in [1.165, 1.54) is 0 Å². The van der Waals surface area contributed by atoms with Crippen molar-refractivity contribution in [3.05, 3.63) is 28.2 Å². The fraction of sp³-hybridized carbons (Fsp3) is 0.300. The van der Waals surface area contributed by atoms with Crippen molar-refractivity contribution in [2.24, 2.45) is 0 Å². The topological polar surface area (TPSA) is 46.5 Å². The van der Waals surface area contributed by atoms with Gasteiger partial charge in [0.25, 0.3) is 0 Å². The molecule has 0 amide bonds. The highest BCUT2D eigenvalue weighted by atomic mass is 79.9. The molecule has 0 unspecified atom stereocenters. The first-order valence-electron chi connectivity index (χ1n) is 4.12. The maximum absolute atomic E-state index is 10.8. The summed E-state index contributed by atoms with van der Waals surface area (Å²) < 4.78 is 5.77. The van der Waals surface area contributed by atoms with Crippen LogP contribution < -0.4 is 4.74 Å². The van der Waals surface area contributed by atoms with E-state index in [0.29, 0.717) is 5.75 Å². The van der Waals surface area contributed by atoms with Gasteiger partial charge < -0.3 is 9.84 Å². The van der Waals surface area contributed by atoms with Gasteiger partial charge in [0, 0.05) is 4.47 Å². The molecule has 0 saturated carbocycles. The minimum absolute atomic E-state index is 0.518. The third kappa shape index (κ3) is 2.26. The summed E-state index contributed by atoms with van der Waals surface area (Å²) in [5, 5.41) is 8.83. The highest BCUT2D eigenvalue weighted by Crippen LogP contribution is 2.28. The summed E-state index contributed by atoms with van der Waals surface area (Å²) in [5.74, 6) is -0.649.